The molecule has 1 aliphatic rings. The number of aromatic nitrogens is 2. The summed E-state index contributed by atoms with van der Waals surface area (Å²) < 4.78 is 15.6. The molecule has 5 heteroatoms. The van der Waals surface area contributed by atoms with E-state index in [-0.39, 0.29) is 11.2 Å². The summed E-state index contributed by atoms with van der Waals surface area (Å²) in [7, 11) is 0. The third-order valence-electron chi connectivity index (χ3n) is 4.35. The average Bonchev–Trinajstić information content (AvgIpc) is 2.77. The van der Waals surface area contributed by atoms with Crippen LogP contribution in [0.25, 0.3) is 11.0 Å². The molecule has 3 unspecified atom stereocenters. The topological polar surface area (TPSA) is 21.1 Å². The van der Waals surface area contributed by atoms with Crippen LogP contribution in [0.15, 0.2) is 18.2 Å². The van der Waals surface area contributed by atoms with Crippen LogP contribution in [0, 0.1) is 5.82 Å². The van der Waals surface area contributed by atoms with Gasteiger partial charge in [0, 0.05) is 18.2 Å². The van der Waals surface area contributed by atoms with Gasteiger partial charge in [-0.1, -0.05) is 0 Å². The number of hydrogen-bond acceptors (Lipinski definition) is 2. The molecule has 0 amide bonds. The summed E-state index contributed by atoms with van der Waals surface area (Å²) in [6.45, 7) is 6.37. The number of nitrogens with zero attached hydrogens (tertiary/aromatic N) is 3. The molecule has 1 fully saturated rings. The third kappa shape index (κ3) is 2.50. The molecule has 3 rings (SSSR count). The van der Waals surface area contributed by atoms with Gasteiger partial charge < -0.3 is 5.01 Å². The number of benzene rings is 1. The molecule has 3 atom stereocenters. The van der Waals surface area contributed by atoms with E-state index >= 15 is 0 Å². The van der Waals surface area contributed by atoms with E-state index in [1.54, 1.807) is 6.07 Å². The second kappa shape index (κ2) is 5.48. The predicted octanol–water partition coefficient (Wildman–Crippen LogP) is 4.37. The molecule has 0 bridgehead atoms. The fourth-order valence-electron chi connectivity index (χ4n) is 3.36. The molecule has 0 N–H and O–H groups in total. The van der Waals surface area contributed by atoms with E-state index in [1.807, 2.05) is 6.92 Å². The van der Waals surface area contributed by atoms with Crippen LogP contribution in [0.3, 0.4) is 0 Å². The van der Waals surface area contributed by atoms with Gasteiger partial charge in [0.1, 0.15) is 11.6 Å². The van der Waals surface area contributed by atoms with Crippen LogP contribution < -0.4 is 5.01 Å². The first kappa shape index (κ1) is 14.6. The maximum atomic E-state index is 13.5. The van der Waals surface area contributed by atoms with Crippen LogP contribution in [0.4, 0.5) is 4.39 Å². The second-order valence-corrected chi connectivity index (χ2v) is 6.69. The van der Waals surface area contributed by atoms with Crippen molar-refractivity contribution in [1.82, 2.24) is 9.66 Å². The molecular formula is C16H21ClFN3. The highest BCUT2D eigenvalue weighted by atomic mass is 35.5. The largest absolute Gasteiger partial charge is 0.305 e. The van der Waals surface area contributed by atoms with E-state index < -0.39 is 0 Å². The van der Waals surface area contributed by atoms with E-state index in [9.17, 15) is 4.39 Å². The summed E-state index contributed by atoms with van der Waals surface area (Å²) in [6.07, 6.45) is 3.55. The lowest BCUT2D eigenvalue weighted by Gasteiger charge is -2.42. The highest BCUT2D eigenvalue weighted by Gasteiger charge is 2.29. The number of imidazole rings is 1. The predicted molar refractivity (Wildman–Crippen MR) is 85.0 cm³/mol. The Morgan fingerprint density at radius 3 is 2.57 bits per heavy atom. The molecule has 1 aromatic heterocycles. The van der Waals surface area contributed by atoms with Gasteiger partial charge in [-0.05, 0) is 52.2 Å². The highest BCUT2D eigenvalue weighted by Crippen LogP contribution is 2.30. The Bertz CT molecular complexity index is 642. The zero-order valence-corrected chi connectivity index (χ0v) is 13.4. The lowest BCUT2D eigenvalue weighted by atomic mass is 10.00. The van der Waals surface area contributed by atoms with E-state index in [0.717, 1.165) is 24.2 Å². The summed E-state index contributed by atoms with van der Waals surface area (Å²) in [5, 5.41) is 2.13. The fourth-order valence-corrected chi connectivity index (χ4v) is 3.50. The smallest absolute Gasteiger partial charge is 0.146 e. The molecule has 0 spiro atoms. The molecular weight excluding hydrogens is 289 g/mol. The summed E-state index contributed by atoms with van der Waals surface area (Å²) >= 11 is 6.33. The first-order valence-corrected chi connectivity index (χ1v) is 8.03. The Morgan fingerprint density at radius 1 is 1.29 bits per heavy atom. The monoisotopic (exact) mass is 309 g/mol. The van der Waals surface area contributed by atoms with Gasteiger partial charge in [-0.3, -0.25) is 0 Å². The van der Waals surface area contributed by atoms with Crippen molar-refractivity contribution >= 4 is 22.6 Å². The van der Waals surface area contributed by atoms with Crippen molar-refractivity contribution in [2.24, 2.45) is 0 Å². The molecule has 2 heterocycles. The fraction of sp³-hybridized carbons (Fsp3) is 0.562. The molecule has 21 heavy (non-hydrogen) atoms. The molecule has 1 aliphatic heterocycles. The molecule has 0 aliphatic carbocycles. The van der Waals surface area contributed by atoms with Crippen molar-refractivity contribution in [2.75, 3.05) is 5.01 Å². The highest BCUT2D eigenvalue weighted by molar-refractivity contribution is 6.20. The molecule has 3 nitrogen and oxygen atoms in total. The quantitative estimate of drug-likeness (QED) is 0.768. The van der Waals surface area contributed by atoms with E-state index in [2.05, 4.69) is 28.5 Å². The van der Waals surface area contributed by atoms with Gasteiger partial charge >= 0.3 is 0 Å². The minimum absolute atomic E-state index is 0.221. The van der Waals surface area contributed by atoms with Gasteiger partial charge in [0.15, 0.2) is 0 Å². The Labute approximate surface area is 129 Å². The van der Waals surface area contributed by atoms with Gasteiger partial charge in [0.2, 0.25) is 0 Å². The number of halogens is 2. The Morgan fingerprint density at radius 2 is 1.95 bits per heavy atom. The van der Waals surface area contributed by atoms with Gasteiger partial charge in [-0.25, -0.2) is 14.1 Å². The normalized spacial score (nSPS) is 24.5. The summed E-state index contributed by atoms with van der Waals surface area (Å²) in [6, 6.07) is 5.61. The molecule has 0 radical (unpaired) electrons. The van der Waals surface area contributed by atoms with Crippen molar-refractivity contribution < 1.29 is 4.39 Å². The number of fused-ring (bicyclic) bond motifs is 1. The standard InChI is InChI=1S/C16H21ClFN3/c1-10-5-4-6-11(2)20(10)21-15-8-7-13(18)9-14(15)19-16(21)12(3)17/h7-12H,4-6H2,1-3H3. The number of piperidine rings is 1. The van der Waals surface area contributed by atoms with Gasteiger partial charge in [0.25, 0.3) is 0 Å². The first-order valence-electron chi connectivity index (χ1n) is 7.59. The number of rotatable bonds is 2. The van der Waals surface area contributed by atoms with Crippen LogP contribution in [-0.2, 0) is 0 Å². The van der Waals surface area contributed by atoms with Crippen LogP contribution in [0.2, 0.25) is 0 Å². The average molecular weight is 310 g/mol. The van der Waals surface area contributed by atoms with Crippen molar-refractivity contribution in [3.8, 4) is 0 Å². The summed E-state index contributed by atoms with van der Waals surface area (Å²) in [5.74, 6) is 0.526. The van der Waals surface area contributed by atoms with Gasteiger partial charge in [-0.15, -0.1) is 11.6 Å². The lowest BCUT2D eigenvalue weighted by molar-refractivity contribution is 0.335. The molecule has 1 aromatic carbocycles. The zero-order chi connectivity index (χ0) is 15.1. The SMILES string of the molecule is CC(Cl)c1nc2cc(F)ccc2n1N1C(C)CCCC1C. The lowest BCUT2D eigenvalue weighted by Crippen LogP contribution is -2.51. The van der Waals surface area contributed by atoms with E-state index in [4.69, 9.17) is 11.6 Å². The minimum Gasteiger partial charge on any atom is -0.305 e. The summed E-state index contributed by atoms with van der Waals surface area (Å²) in [5.41, 5.74) is 1.60. The molecule has 1 saturated heterocycles. The van der Waals surface area contributed by atoms with Crippen molar-refractivity contribution in [2.45, 2.75) is 57.5 Å². The maximum Gasteiger partial charge on any atom is 0.146 e. The minimum atomic E-state index is -0.263. The van der Waals surface area contributed by atoms with Crippen LogP contribution in [-0.4, -0.2) is 21.7 Å². The molecule has 114 valence electrons. The van der Waals surface area contributed by atoms with E-state index in [1.165, 1.54) is 18.6 Å². The summed E-state index contributed by atoms with van der Waals surface area (Å²) in [4.78, 5) is 4.57. The van der Waals surface area contributed by atoms with Crippen molar-refractivity contribution in [1.29, 1.82) is 0 Å². The van der Waals surface area contributed by atoms with Gasteiger partial charge in [0.05, 0.1) is 16.4 Å². The Hall–Kier alpha value is -1.29. The van der Waals surface area contributed by atoms with Crippen LogP contribution >= 0.6 is 11.6 Å². The first-order chi connectivity index (χ1) is 9.99. The third-order valence-corrected chi connectivity index (χ3v) is 4.55. The van der Waals surface area contributed by atoms with Crippen LogP contribution in [0.5, 0.6) is 0 Å². The van der Waals surface area contributed by atoms with Crippen LogP contribution in [0.1, 0.15) is 51.2 Å². The van der Waals surface area contributed by atoms with Crippen molar-refractivity contribution in [3.63, 3.8) is 0 Å². The number of hydrogen-bond donors (Lipinski definition) is 0. The zero-order valence-electron chi connectivity index (χ0n) is 12.7. The van der Waals surface area contributed by atoms with Crippen molar-refractivity contribution in [3.05, 3.63) is 29.8 Å². The van der Waals surface area contributed by atoms with E-state index in [0.29, 0.717) is 17.6 Å². The number of alkyl halides is 1. The molecule has 2 aromatic rings. The molecule has 0 saturated carbocycles. The maximum absolute atomic E-state index is 13.5. The van der Waals surface area contributed by atoms with Gasteiger partial charge in [-0.2, -0.15) is 0 Å². The Kier molecular flexibility index (Phi) is 3.82. The second-order valence-electron chi connectivity index (χ2n) is 6.04. The Balaban J connectivity index is 2.21.